The summed E-state index contributed by atoms with van der Waals surface area (Å²) >= 11 is 3.32. The minimum absolute atomic E-state index is 0.196. The van der Waals surface area contributed by atoms with Gasteiger partial charge in [-0.25, -0.2) is 4.98 Å². The van der Waals surface area contributed by atoms with Gasteiger partial charge in [-0.05, 0) is 55.3 Å². The number of nitrogens with zero attached hydrogens (tertiary/aromatic N) is 3. The second-order valence-electron chi connectivity index (χ2n) is 7.18. The summed E-state index contributed by atoms with van der Waals surface area (Å²) in [6, 6.07) is 12.2. The van der Waals surface area contributed by atoms with Gasteiger partial charge in [0.15, 0.2) is 5.13 Å². The van der Waals surface area contributed by atoms with E-state index >= 15 is 0 Å². The van der Waals surface area contributed by atoms with Crippen LogP contribution in [-0.4, -0.2) is 54.8 Å². The summed E-state index contributed by atoms with van der Waals surface area (Å²) in [5, 5.41) is 1.06. The van der Waals surface area contributed by atoms with E-state index in [1.54, 1.807) is 30.2 Å². The number of hydrogen-bond donors (Lipinski definition) is 0. The Labute approximate surface area is 179 Å². The average molecular weight is 428 g/mol. The highest BCUT2D eigenvalue weighted by atomic mass is 32.2. The molecule has 0 bridgehead atoms. The van der Waals surface area contributed by atoms with E-state index in [4.69, 9.17) is 9.72 Å². The van der Waals surface area contributed by atoms with Crippen LogP contribution in [0.2, 0.25) is 0 Å². The number of thioether (sulfide) groups is 1. The molecule has 5 nitrogen and oxygen atoms in total. The number of aromatic nitrogens is 1. The standard InChI is InChI=1S/C22H25N3O2S2/c1-15-4-9-19-21(16(15)2)23-22(29-19)25-12-10-24(11-13-25)20(26)14-28-18-7-5-17(27-3)6-8-18/h4-9H,10-14H2,1-3H3. The fourth-order valence-corrected chi connectivity index (χ4v) is 5.28. The maximum Gasteiger partial charge on any atom is 0.233 e. The minimum atomic E-state index is 0.196. The van der Waals surface area contributed by atoms with Gasteiger partial charge in [0.2, 0.25) is 5.91 Å². The number of amides is 1. The van der Waals surface area contributed by atoms with Crippen molar-refractivity contribution in [1.82, 2.24) is 9.88 Å². The molecule has 0 saturated carbocycles. The highest BCUT2D eigenvalue weighted by Gasteiger charge is 2.23. The number of hydrogen-bond acceptors (Lipinski definition) is 6. The molecule has 2 heterocycles. The maximum absolute atomic E-state index is 12.6. The Morgan fingerprint density at radius 1 is 1.10 bits per heavy atom. The fraction of sp³-hybridized carbons (Fsp3) is 0.364. The van der Waals surface area contributed by atoms with Crippen LogP contribution >= 0.6 is 23.1 Å². The number of methoxy groups -OCH3 is 1. The Bertz CT molecular complexity index is 1010. The van der Waals surface area contributed by atoms with Crippen molar-refractivity contribution in [2.45, 2.75) is 18.7 Å². The molecule has 7 heteroatoms. The molecule has 1 aromatic heterocycles. The summed E-state index contributed by atoms with van der Waals surface area (Å²) in [5.74, 6) is 1.49. The molecule has 0 aliphatic carbocycles. The van der Waals surface area contributed by atoms with Crippen molar-refractivity contribution in [2.75, 3.05) is 43.9 Å². The Kier molecular flexibility index (Phi) is 5.96. The lowest BCUT2D eigenvalue weighted by molar-refractivity contribution is -0.128. The number of carbonyl (C=O) groups is 1. The Morgan fingerprint density at radius 2 is 1.83 bits per heavy atom. The molecule has 1 amide bonds. The van der Waals surface area contributed by atoms with Gasteiger partial charge in [0.1, 0.15) is 5.75 Å². The number of anilines is 1. The molecular formula is C22H25N3O2S2. The van der Waals surface area contributed by atoms with E-state index in [1.165, 1.54) is 15.8 Å². The summed E-state index contributed by atoms with van der Waals surface area (Å²) in [7, 11) is 1.65. The van der Waals surface area contributed by atoms with Crippen LogP contribution in [0, 0.1) is 13.8 Å². The van der Waals surface area contributed by atoms with Crippen molar-refractivity contribution in [3.05, 3.63) is 47.5 Å². The van der Waals surface area contributed by atoms with Gasteiger partial charge in [0.05, 0.1) is 23.1 Å². The quantitative estimate of drug-likeness (QED) is 0.566. The number of fused-ring (bicyclic) bond motifs is 1. The number of piperazine rings is 1. The number of rotatable bonds is 5. The molecule has 3 aromatic rings. The lowest BCUT2D eigenvalue weighted by Gasteiger charge is -2.34. The summed E-state index contributed by atoms with van der Waals surface area (Å²) in [5.41, 5.74) is 3.65. The van der Waals surface area contributed by atoms with Gasteiger partial charge in [-0.2, -0.15) is 0 Å². The number of carbonyl (C=O) groups excluding carboxylic acids is 1. The number of benzene rings is 2. The van der Waals surface area contributed by atoms with Crippen LogP contribution in [0.4, 0.5) is 5.13 Å². The van der Waals surface area contributed by atoms with Gasteiger partial charge >= 0.3 is 0 Å². The van der Waals surface area contributed by atoms with E-state index in [1.807, 2.05) is 29.2 Å². The molecule has 2 aromatic carbocycles. The zero-order valence-corrected chi connectivity index (χ0v) is 18.6. The molecule has 1 fully saturated rings. The lowest BCUT2D eigenvalue weighted by atomic mass is 10.1. The van der Waals surface area contributed by atoms with Gasteiger partial charge in [-0.1, -0.05) is 17.4 Å². The SMILES string of the molecule is COc1ccc(SCC(=O)N2CCN(c3nc4c(C)c(C)ccc4s3)CC2)cc1. The van der Waals surface area contributed by atoms with Gasteiger partial charge in [0, 0.05) is 31.1 Å². The number of ether oxygens (including phenoxy) is 1. The van der Waals surface area contributed by atoms with Crippen LogP contribution in [0.25, 0.3) is 10.2 Å². The van der Waals surface area contributed by atoms with Crippen molar-refractivity contribution in [3.63, 3.8) is 0 Å². The Hall–Kier alpha value is -2.25. The number of aryl methyl sites for hydroxylation is 2. The zero-order chi connectivity index (χ0) is 20.4. The molecular weight excluding hydrogens is 402 g/mol. The average Bonchev–Trinajstić information content (AvgIpc) is 3.20. The minimum Gasteiger partial charge on any atom is -0.497 e. The van der Waals surface area contributed by atoms with Crippen molar-refractivity contribution in [2.24, 2.45) is 0 Å². The van der Waals surface area contributed by atoms with Crippen LogP contribution in [-0.2, 0) is 4.79 Å². The first kappa shape index (κ1) is 20.0. The number of thiazole rings is 1. The van der Waals surface area contributed by atoms with E-state index in [0.717, 1.165) is 47.5 Å². The van der Waals surface area contributed by atoms with Gasteiger partial charge < -0.3 is 14.5 Å². The van der Waals surface area contributed by atoms with Crippen LogP contribution < -0.4 is 9.64 Å². The molecule has 4 rings (SSSR count). The molecule has 1 aliphatic rings. The van der Waals surface area contributed by atoms with E-state index in [0.29, 0.717) is 5.75 Å². The topological polar surface area (TPSA) is 45.7 Å². The van der Waals surface area contributed by atoms with E-state index in [2.05, 4.69) is 30.9 Å². The molecule has 152 valence electrons. The third-order valence-electron chi connectivity index (χ3n) is 5.40. The highest BCUT2D eigenvalue weighted by Crippen LogP contribution is 2.32. The molecule has 1 aliphatic heterocycles. The van der Waals surface area contributed by atoms with Crippen molar-refractivity contribution in [3.8, 4) is 5.75 Å². The fourth-order valence-electron chi connectivity index (χ4n) is 3.41. The summed E-state index contributed by atoms with van der Waals surface area (Å²) in [4.78, 5) is 22.8. The first-order valence-electron chi connectivity index (χ1n) is 9.71. The molecule has 0 unspecified atom stereocenters. The summed E-state index contributed by atoms with van der Waals surface area (Å²) < 4.78 is 6.41. The largest absolute Gasteiger partial charge is 0.497 e. The van der Waals surface area contributed by atoms with Crippen LogP contribution in [0.1, 0.15) is 11.1 Å². The Balaban J connectivity index is 1.32. The Morgan fingerprint density at radius 3 is 2.52 bits per heavy atom. The smallest absolute Gasteiger partial charge is 0.233 e. The van der Waals surface area contributed by atoms with Gasteiger partial charge in [0.25, 0.3) is 0 Å². The van der Waals surface area contributed by atoms with E-state index in [9.17, 15) is 4.79 Å². The molecule has 1 saturated heterocycles. The van der Waals surface area contributed by atoms with Gasteiger partial charge in [-0.15, -0.1) is 11.8 Å². The monoisotopic (exact) mass is 427 g/mol. The molecule has 29 heavy (non-hydrogen) atoms. The van der Waals surface area contributed by atoms with Crippen LogP contribution in [0.3, 0.4) is 0 Å². The molecule has 0 atom stereocenters. The second kappa shape index (κ2) is 8.63. The normalized spacial score (nSPS) is 14.4. The molecule has 0 radical (unpaired) electrons. The van der Waals surface area contributed by atoms with E-state index < -0.39 is 0 Å². The van der Waals surface area contributed by atoms with E-state index in [-0.39, 0.29) is 5.91 Å². The molecule has 0 N–H and O–H groups in total. The maximum atomic E-state index is 12.6. The van der Waals surface area contributed by atoms with Crippen molar-refractivity contribution < 1.29 is 9.53 Å². The third kappa shape index (κ3) is 4.36. The zero-order valence-electron chi connectivity index (χ0n) is 17.0. The molecule has 0 spiro atoms. The first-order valence-corrected chi connectivity index (χ1v) is 11.5. The summed E-state index contributed by atoms with van der Waals surface area (Å²) in [6.45, 7) is 7.42. The van der Waals surface area contributed by atoms with Crippen LogP contribution in [0.15, 0.2) is 41.3 Å². The van der Waals surface area contributed by atoms with Crippen molar-refractivity contribution in [1.29, 1.82) is 0 Å². The van der Waals surface area contributed by atoms with Gasteiger partial charge in [-0.3, -0.25) is 4.79 Å². The van der Waals surface area contributed by atoms with Crippen molar-refractivity contribution >= 4 is 44.4 Å². The lowest BCUT2D eigenvalue weighted by Crippen LogP contribution is -2.49. The third-order valence-corrected chi connectivity index (χ3v) is 7.48. The predicted octanol–water partition coefficient (Wildman–Crippen LogP) is 4.36. The summed E-state index contributed by atoms with van der Waals surface area (Å²) in [6.07, 6.45) is 0. The highest BCUT2D eigenvalue weighted by molar-refractivity contribution is 8.00. The second-order valence-corrected chi connectivity index (χ2v) is 9.24. The first-order chi connectivity index (χ1) is 14.0. The predicted molar refractivity (Wildman–Crippen MR) is 122 cm³/mol. The van der Waals surface area contributed by atoms with Crippen LogP contribution in [0.5, 0.6) is 5.75 Å².